The van der Waals surface area contributed by atoms with E-state index in [0.29, 0.717) is 10.6 Å². The molecule has 148 valence electrons. The molecule has 0 unspecified atom stereocenters. The zero-order valence-corrected chi connectivity index (χ0v) is 18.3. The van der Waals surface area contributed by atoms with Crippen molar-refractivity contribution in [3.63, 3.8) is 0 Å². The average molecular weight is 384 g/mol. The zero-order valence-electron chi connectivity index (χ0n) is 17.4. The number of nitrogens with two attached hydrogens (primary N) is 1. The molecule has 1 aromatic carbocycles. The first-order chi connectivity index (χ1) is 11.7. The van der Waals surface area contributed by atoms with Gasteiger partial charge in [0.25, 0.3) is 0 Å². The fraction of sp³-hybridized carbons (Fsp3) is 0.700. The molecule has 5 nitrogen and oxygen atoms in total. The van der Waals surface area contributed by atoms with Gasteiger partial charge in [0.15, 0.2) is 0 Å². The third-order valence-corrected chi connectivity index (χ3v) is 6.46. The first-order valence-corrected chi connectivity index (χ1v) is 10.7. The van der Waals surface area contributed by atoms with Gasteiger partial charge in [-0.1, -0.05) is 20.8 Å². The molecule has 1 heterocycles. The summed E-state index contributed by atoms with van der Waals surface area (Å²) >= 11 is 0. The number of hydrogen-bond donors (Lipinski definition) is 2. The van der Waals surface area contributed by atoms with Gasteiger partial charge in [0, 0.05) is 24.4 Å². The van der Waals surface area contributed by atoms with E-state index in [4.69, 9.17) is 4.74 Å². The van der Waals surface area contributed by atoms with Crippen molar-refractivity contribution in [1.82, 2.24) is 4.72 Å². The number of piperidine rings is 1. The number of hydrogen-bond acceptors (Lipinski definition) is 3. The standard InChI is InChI=1S/C20H34N2O3S/c1-18(2,3)16-11-15(9-10-17(16)25-8)26(23,24)21-14-12-19(4,5)22-20(6,7)13-14/h9-11,14,21-22H,12-13H2,1-8H3/p+1. The molecule has 1 saturated heterocycles. The van der Waals surface area contributed by atoms with E-state index in [1.165, 1.54) is 0 Å². The number of rotatable bonds is 4. The number of benzene rings is 1. The minimum Gasteiger partial charge on any atom is -0.496 e. The average Bonchev–Trinajstić information content (AvgIpc) is 2.41. The normalized spacial score (nSPS) is 20.8. The van der Waals surface area contributed by atoms with Crippen molar-refractivity contribution in [2.24, 2.45) is 0 Å². The highest BCUT2D eigenvalue weighted by molar-refractivity contribution is 7.89. The van der Waals surface area contributed by atoms with Gasteiger partial charge in [0.2, 0.25) is 10.0 Å². The van der Waals surface area contributed by atoms with Crippen LogP contribution in [-0.4, -0.2) is 32.6 Å². The van der Waals surface area contributed by atoms with Gasteiger partial charge >= 0.3 is 0 Å². The molecule has 1 aliphatic rings. The third kappa shape index (κ3) is 4.99. The summed E-state index contributed by atoms with van der Waals surface area (Å²) in [6.07, 6.45) is 1.61. The highest BCUT2D eigenvalue weighted by atomic mass is 32.2. The Kier molecular flexibility index (Phi) is 5.55. The second-order valence-electron chi connectivity index (χ2n) is 9.96. The molecule has 0 aliphatic carbocycles. The molecule has 1 aromatic rings. The number of sulfonamides is 1. The Hall–Kier alpha value is -1.11. The van der Waals surface area contributed by atoms with Crippen LogP contribution in [0.2, 0.25) is 0 Å². The molecule has 3 N–H and O–H groups in total. The van der Waals surface area contributed by atoms with Gasteiger partial charge in [0.05, 0.1) is 23.1 Å². The van der Waals surface area contributed by atoms with Gasteiger partial charge in [-0.2, -0.15) is 0 Å². The van der Waals surface area contributed by atoms with Crippen LogP contribution < -0.4 is 14.8 Å². The van der Waals surface area contributed by atoms with E-state index in [1.54, 1.807) is 25.3 Å². The SMILES string of the molecule is COc1ccc(S(=O)(=O)NC2CC(C)(C)[NH2+]C(C)(C)C2)cc1C(C)(C)C. The van der Waals surface area contributed by atoms with Crippen molar-refractivity contribution >= 4 is 10.0 Å². The fourth-order valence-corrected chi connectivity index (χ4v) is 5.59. The Morgan fingerprint density at radius 1 is 1.12 bits per heavy atom. The lowest BCUT2D eigenvalue weighted by molar-refractivity contribution is -0.787. The summed E-state index contributed by atoms with van der Waals surface area (Å²) in [4.78, 5) is 0.299. The van der Waals surface area contributed by atoms with Crippen molar-refractivity contribution in [1.29, 1.82) is 0 Å². The highest BCUT2D eigenvalue weighted by Gasteiger charge is 2.43. The van der Waals surface area contributed by atoms with Crippen molar-refractivity contribution in [2.75, 3.05) is 7.11 Å². The molecule has 0 amide bonds. The maximum Gasteiger partial charge on any atom is 0.240 e. The molecule has 0 radical (unpaired) electrons. The molecule has 1 fully saturated rings. The number of ether oxygens (including phenoxy) is 1. The van der Waals surface area contributed by atoms with Crippen LogP contribution in [0, 0.1) is 0 Å². The summed E-state index contributed by atoms with van der Waals surface area (Å²) in [5.41, 5.74) is 0.692. The molecular formula is C20H35N2O3S+. The number of methoxy groups -OCH3 is 1. The lowest BCUT2D eigenvalue weighted by Crippen LogP contribution is -3.06. The fourth-order valence-electron chi connectivity index (χ4n) is 4.33. The summed E-state index contributed by atoms with van der Waals surface area (Å²) in [5.74, 6) is 0.714. The molecule has 0 spiro atoms. The Morgan fingerprint density at radius 2 is 1.65 bits per heavy atom. The Bertz CT molecular complexity index is 746. The van der Waals surface area contributed by atoms with Crippen LogP contribution in [0.3, 0.4) is 0 Å². The Morgan fingerprint density at radius 3 is 2.12 bits per heavy atom. The third-order valence-electron chi connectivity index (χ3n) is 4.94. The van der Waals surface area contributed by atoms with E-state index in [0.717, 1.165) is 18.4 Å². The van der Waals surface area contributed by atoms with Crippen LogP contribution in [0.1, 0.15) is 66.9 Å². The van der Waals surface area contributed by atoms with Crippen LogP contribution in [0.15, 0.2) is 23.1 Å². The minimum absolute atomic E-state index is 0.00537. The zero-order chi connectivity index (χ0) is 20.0. The predicted molar refractivity (Wildman–Crippen MR) is 105 cm³/mol. The van der Waals surface area contributed by atoms with E-state index in [2.05, 4.69) is 58.5 Å². The summed E-state index contributed by atoms with van der Waals surface area (Å²) in [6, 6.07) is 5.04. The van der Waals surface area contributed by atoms with Gasteiger partial charge in [-0.3, -0.25) is 0 Å². The van der Waals surface area contributed by atoms with Gasteiger partial charge < -0.3 is 10.1 Å². The van der Waals surface area contributed by atoms with Gasteiger partial charge in [-0.25, -0.2) is 13.1 Å². The lowest BCUT2D eigenvalue weighted by atomic mass is 9.80. The molecule has 0 bridgehead atoms. The summed E-state index contributed by atoms with van der Waals surface area (Å²) in [7, 11) is -1.98. The number of quaternary nitrogens is 1. The van der Waals surface area contributed by atoms with E-state index in [1.807, 2.05) is 0 Å². The maximum absolute atomic E-state index is 13.0. The van der Waals surface area contributed by atoms with Crippen LogP contribution in [0.5, 0.6) is 5.75 Å². The van der Waals surface area contributed by atoms with Gasteiger partial charge in [-0.05, 0) is 51.3 Å². The smallest absolute Gasteiger partial charge is 0.240 e. The molecule has 1 aliphatic heterocycles. The molecule has 0 aromatic heterocycles. The number of nitrogens with one attached hydrogen (secondary N) is 1. The van der Waals surface area contributed by atoms with E-state index >= 15 is 0 Å². The van der Waals surface area contributed by atoms with Gasteiger partial charge in [-0.15, -0.1) is 0 Å². The van der Waals surface area contributed by atoms with Crippen molar-refractivity contribution < 1.29 is 18.5 Å². The molecule has 0 atom stereocenters. The first-order valence-electron chi connectivity index (χ1n) is 9.23. The van der Waals surface area contributed by atoms with Gasteiger partial charge in [0.1, 0.15) is 5.75 Å². The minimum atomic E-state index is -3.59. The highest BCUT2D eigenvalue weighted by Crippen LogP contribution is 2.33. The first kappa shape index (κ1) is 21.2. The topological polar surface area (TPSA) is 72.0 Å². The summed E-state index contributed by atoms with van der Waals surface area (Å²) < 4.78 is 34.5. The Labute approximate surface area is 159 Å². The van der Waals surface area contributed by atoms with Crippen molar-refractivity contribution in [3.8, 4) is 5.75 Å². The van der Waals surface area contributed by atoms with E-state index in [-0.39, 0.29) is 22.5 Å². The quantitative estimate of drug-likeness (QED) is 0.839. The summed E-state index contributed by atoms with van der Waals surface area (Å²) in [5, 5.41) is 2.34. The molecule has 2 rings (SSSR count). The second kappa shape index (κ2) is 6.80. The lowest BCUT2D eigenvalue weighted by Gasteiger charge is -2.43. The van der Waals surface area contributed by atoms with E-state index in [9.17, 15) is 8.42 Å². The summed E-state index contributed by atoms with van der Waals surface area (Å²) in [6.45, 7) is 14.8. The maximum atomic E-state index is 13.0. The molecule has 6 heteroatoms. The molecule has 26 heavy (non-hydrogen) atoms. The van der Waals surface area contributed by atoms with Crippen molar-refractivity contribution in [2.45, 2.75) is 88.7 Å². The van der Waals surface area contributed by atoms with Crippen molar-refractivity contribution in [3.05, 3.63) is 23.8 Å². The second-order valence-corrected chi connectivity index (χ2v) is 11.7. The monoisotopic (exact) mass is 383 g/mol. The van der Waals surface area contributed by atoms with Crippen LogP contribution in [-0.2, 0) is 15.4 Å². The molecule has 0 saturated carbocycles. The van der Waals surface area contributed by atoms with Crippen LogP contribution in [0.25, 0.3) is 0 Å². The largest absolute Gasteiger partial charge is 0.496 e. The Balaban J connectivity index is 2.33. The molecular weight excluding hydrogens is 348 g/mol. The predicted octanol–water partition coefficient (Wildman–Crippen LogP) is 2.55. The van der Waals surface area contributed by atoms with Crippen LogP contribution in [0.4, 0.5) is 0 Å². The van der Waals surface area contributed by atoms with E-state index < -0.39 is 10.0 Å². The van der Waals surface area contributed by atoms with Crippen LogP contribution >= 0.6 is 0 Å².